The second kappa shape index (κ2) is 7.74. The SMILES string of the molecule is CCOC(=O)CC=Cc1ccc(C(=O)OC)cc1Br. The number of hydrogen-bond donors (Lipinski definition) is 0. The first-order valence-corrected chi connectivity index (χ1v) is 6.57. The monoisotopic (exact) mass is 326 g/mol. The van der Waals surface area contributed by atoms with Crippen molar-refractivity contribution in [2.24, 2.45) is 0 Å². The first-order chi connectivity index (χ1) is 9.08. The van der Waals surface area contributed by atoms with Crippen LogP contribution in [-0.2, 0) is 14.3 Å². The summed E-state index contributed by atoms with van der Waals surface area (Å²) in [5.74, 6) is -0.649. The molecule has 0 bridgehead atoms. The van der Waals surface area contributed by atoms with Crippen LogP contribution in [-0.4, -0.2) is 25.7 Å². The minimum absolute atomic E-state index is 0.221. The van der Waals surface area contributed by atoms with E-state index in [1.54, 1.807) is 37.3 Å². The third-order valence-electron chi connectivity index (χ3n) is 2.31. The van der Waals surface area contributed by atoms with Crippen molar-refractivity contribution in [3.63, 3.8) is 0 Å². The zero-order valence-corrected chi connectivity index (χ0v) is 12.4. The van der Waals surface area contributed by atoms with E-state index in [4.69, 9.17) is 4.74 Å². The summed E-state index contributed by atoms with van der Waals surface area (Å²) in [5, 5.41) is 0. The lowest BCUT2D eigenvalue weighted by Crippen LogP contribution is -2.01. The fourth-order valence-electron chi connectivity index (χ4n) is 1.41. The zero-order chi connectivity index (χ0) is 14.3. The van der Waals surface area contributed by atoms with Crippen LogP contribution in [0.5, 0.6) is 0 Å². The van der Waals surface area contributed by atoms with Crippen LogP contribution in [0.2, 0.25) is 0 Å². The van der Waals surface area contributed by atoms with E-state index < -0.39 is 0 Å². The number of esters is 2. The molecule has 4 nitrogen and oxygen atoms in total. The first kappa shape index (κ1) is 15.4. The van der Waals surface area contributed by atoms with Crippen molar-refractivity contribution in [3.05, 3.63) is 39.9 Å². The smallest absolute Gasteiger partial charge is 0.337 e. The lowest BCUT2D eigenvalue weighted by atomic mass is 10.1. The van der Waals surface area contributed by atoms with Gasteiger partial charge in [-0.3, -0.25) is 4.79 Å². The minimum atomic E-state index is -0.386. The van der Waals surface area contributed by atoms with Gasteiger partial charge in [-0.25, -0.2) is 4.79 Å². The highest BCUT2D eigenvalue weighted by atomic mass is 79.9. The van der Waals surface area contributed by atoms with Crippen molar-refractivity contribution in [1.29, 1.82) is 0 Å². The molecule has 0 atom stereocenters. The average Bonchev–Trinajstić information content (AvgIpc) is 2.40. The molecule has 19 heavy (non-hydrogen) atoms. The molecule has 0 aromatic heterocycles. The molecule has 0 aliphatic rings. The summed E-state index contributed by atoms with van der Waals surface area (Å²) in [6.07, 6.45) is 3.73. The molecule has 0 heterocycles. The fraction of sp³-hybridized carbons (Fsp3) is 0.286. The first-order valence-electron chi connectivity index (χ1n) is 5.78. The molecule has 102 valence electrons. The number of halogens is 1. The Labute approximate surface area is 120 Å². The van der Waals surface area contributed by atoms with Crippen molar-refractivity contribution in [1.82, 2.24) is 0 Å². The number of benzene rings is 1. The van der Waals surface area contributed by atoms with Gasteiger partial charge in [0.05, 0.1) is 25.7 Å². The predicted octanol–water partition coefficient (Wildman–Crippen LogP) is 3.20. The van der Waals surface area contributed by atoms with Crippen LogP contribution in [0.4, 0.5) is 0 Å². The number of hydrogen-bond acceptors (Lipinski definition) is 4. The number of methoxy groups -OCH3 is 1. The molecule has 1 rings (SSSR count). The van der Waals surface area contributed by atoms with Crippen LogP contribution >= 0.6 is 15.9 Å². The maximum Gasteiger partial charge on any atom is 0.337 e. The highest BCUT2D eigenvalue weighted by Crippen LogP contribution is 2.20. The van der Waals surface area contributed by atoms with Crippen LogP contribution in [0, 0.1) is 0 Å². The minimum Gasteiger partial charge on any atom is -0.466 e. The summed E-state index contributed by atoms with van der Waals surface area (Å²) >= 11 is 3.37. The highest BCUT2D eigenvalue weighted by molar-refractivity contribution is 9.10. The Hall–Kier alpha value is -1.62. The Morgan fingerprint density at radius 2 is 2.11 bits per heavy atom. The quantitative estimate of drug-likeness (QED) is 0.780. The second-order valence-corrected chi connectivity index (χ2v) is 4.49. The Morgan fingerprint density at radius 1 is 1.37 bits per heavy atom. The normalized spacial score (nSPS) is 10.5. The van der Waals surface area contributed by atoms with Gasteiger partial charge in [0.25, 0.3) is 0 Å². The molecule has 0 aliphatic carbocycles. The molecule has 1 aromatic carbocycles. The molecule has 1 aromatic rings. The van der Waals surface area contributed by atoms with E-state index in [9.17, 15) is 9.59 Å². The summed E-state index contributed by atoms with van der Waals surface area (Å²) in [6.45, 7) is 2.15. The molecule has 0 saturated heterocycles. The van der Waals surface area contributed by atoms with E-state index in [1.165, 1.54) is 7.11 Å². The Balaban J connectivity index is 2.72. The van der Waals surface area contributed by atoms with E-state index >= 15 is 0 Å². The molecular weight excluding hydrogens is 312 g/mol. The maximum absolute atomic E-state index is 11.3. The van der Waals surface area contributed by atoms with Gasteiger partial charge in [-0.15, -0.1) is 0 Å². The number of ether oxygens (including phenoxy) is 2. The zero-order valence-electron chi connectivity index (χ0n) is 10.8. The van der Waals surface area contributed by atoms with Crippen molar-refractivity contribution < 1.29 is 19.1 Å². The molecule has 0 radical (unpaired) electrons. The molecule has 0 fully saturated rings. The van der Waals surface area contributed by atoms with Gasteiger partial charge in [0.1, 0.15) is 0 Å². The fourth-order valence-corrected chi connectivity index (χ4v) is 1.92. The van der Waals surface area contributed by atoms with Crippen molar-refractivity contribution in [2.75, 3.05) is 13.7 Å². The van der Waals surface area contributed by atoms with Crippen molar-refractivity contribution in [2.45, 2.75) is 13.3 Å². The summed E-state index contributed by atoms with van der Waals surface area (Å²) in [6, 6.07) is 5.12. The number of carbonyl (C=O) groups is 2. The van der Waals surface area contributed by atoms with Crippen LogP contribution in [0.3, 0.4) is 0 Å². The van der Waals surface area contributed by atoms with E-state index in [-0.39, 0.29) is 18.4 Å². The van der Waals surface area contributed by atoms with Crippen LogP contribution in [0.25, 0.3) is 6.08 Å². The van der Waals surface area contributed by atoms with E-state index in [2.05, 4.69) is 20.7 Å². The lowest BCUT2D eigenvalue weighted by molar-refractivity contribution is -0.142. The standard InChI is InChI=1S/C14H15BrO4/c1-3-19-13(16)6-4-5-10-7-8-11(9-12(10)15)14(17)18-2/h4-5,7-9H,3,6H2,1-2H3. The Morgan fingerprint density at radius 3 is 2.68 bits per heavy atom. The van der Waals surface area contributed by atoms with Gasteiger partial charge in [-0.1, -0.05) is 34.1 Å². The Kier molecular flexibility index (Phi) is 6.29. The number of rotatable bonds is 5. The third-order valence-corrected chi connectivity index (χ3v) is 3.00. The molecule has 0 saturated carbocycles. The van der Waals surface area contributed by atoms with E-state index in [0.29, 0.717) is 12.2 Å². The summed E-state index contributed by atoms with van der Waals surface area (Å²) in [4.78, 5) is 22.5. The van der Waals surface area contributed by atoms with Gasteiger partial charge >= 0.3 is 11.9 Å². The Bertz CT molecular complexity index is 494. The molecule has 0 N–H and O–H groups in total. The average molecular weight is 327 g/mol. The molecular formula is C14H15BrO4. The van der Waals surface area contributed by atoms with Gasteiger partial charge in [0, 0.05) is 4.47 Å². The van der Waals surface area contributed by atoms with E-state index in [1.807, 2.05) is 0 Å². The van der Waals surface area contributed by atoms with Crippen molar-refractivity contribution in [3.8, 4) is 0 Å². The molecule has 0 spiro atoms. The van der Waals surface area contributed by atoms with Gasteiger partial charge in [0.15, 0.2) is 0 Å². The topological polar surface area (TPSA) is 52.6 Å². The van der Waals surface area contributed by atoms with Crippen molar-refractivity contribution >= 4 is 33.9 Å². The summed E-state index contributed by atoms with van der Waals surface area (Å²) in [5.41, 5.74) is 1.34. The van der Waals surface area contributed by atoms with Gasteiger partial charge in [-0.05, 0) is 24.6 Å². The number of carbonyl (C=O) groups excluding carboxylic acids is 2. The van der Waals surface area contributed by atoms with Gasteiger partial charge < -0.3 is 9.47 Å². The van der Waals surface area contributed by atoms with E-state index in [0.717, 1.165) is 10.0 Å². The maximum atomic E-state index is 11.3. The lowest BCUT2D eigenvalue weighted by Gasteiger charge is -2.03. The van der Waals surface area contributed by atoms with Crippen LogP contribution in [0.1, 0.15) is 29.3 Å². The molecule has 0 unspecified atom stereocenters. The molecule has 0 amide bonds. The molecule has 0 aliphatic heterocycles. The van der Waals surface area contributed by atoms with Crippen LogP contribution in [0.15, 0.2) is 28.7 Å². The van der Waals surface area contributed by atoms with Gasteiger partial charge in [0.2, 0.25) is 0 Å². The largest absolute Gasteiger partial charge is 0.466 e. The molecule has 5 heteroatoms. The summed E-state index contributed by atoms with van der Waals surface area (Å²) < 4.78 is 10.2. The predicted molar refractivity (Wildman–Crippen MR) is 75.8 cm³/mol. The summed E-state index contributed by atoms with van der Waals surface area (Å²) in [7, 11) is 1.34. The third kappa shape index (κ3) is 4.87. The highest BCUT2D eigenvalue weighted by Gasteiger charge is 2.07. The van der Waals surface area contributed by atoms with Gasteiger partial charge in [-0.2, -0.15) is 0 Å². The second-order valence-electron chi connectivity index (χ2n) is 3.64. The van der Waals surface area contributed by atoms with Crippen LogP contribution < -0.4 is 0 Å².